The standard InChI is InChI=1S/C11H10N4O3/c12-6-7(11(17)18)8(13)5-10(16)15-9-3-1-2-4-14-9/h1-4H,5,13H2,(H,17,18)(H,14,15,16)/b8-7-. The van der Waals surface area contributed by atoms with E-state index in [0.29, 0.717) is 5.82 Å². The Kier molecular flexibility index (Phi) is 4.40. The molecule has 0 aliphatic carbocycles. The van der Waals surface area contributed by atoms with E-state index in [1.807, 2.05) is 0 Å². The van der Waals surface area contributed by atoms with Gasteiger partial charge in [-0.05, 0) is 12.1 Å². The Hall–Kier alpha value is -2.88. The first-order valence-corrected chi connectivity index (χ1v) is 4.87. The molecular formula is C11H10N4O3. The Morgan fingerprint density at radius 3 is 2.72 bits per heavy atom. The summed E-state index contributed by atoms with van der Waals surface area (Å²) in [5.74, 6) is -1.68. The fraction of sp³-hybridized carbons (Fsp3) is 0.0909. The number of rotatable bonds is 4. The van der Waals surface area contributed by atoms with Gasteiger partial charge in [-0.1, -0.05) is 6.07 Å². The van der Waals surface area contributed by atoms with Crippen LogP contribution >= 0.6 is 0 Å². The van der Waals surface area contributed by atoms with Crippen molar-refractivity contribution in [2.45, 2.75) is 6.42 Å². The number of hydrogen-bond acceptors (Lipinski definition) is 5. The molecule has 0 atom stereocenters. The number of nitrogens with one attached hydrogen (secondary N) is 1. The molecule has 0 aliphatic heterocycles. The van der Waals surface area contributed by atoms with Crippen molar-refractivity contribution in [3.05, 3.63) is 35.7 Å². The van der Waals surface area contributed by atoms with Crippen LogP contribution in [0.3, 0.4) is 0 Å². The molecule has 18 heavy (non-hydrogen) atoms. The molecule has 1 rings (SSSR count). The van der Waals surface area contributed by atoms with Crippen molar-refractivity contribution in [3.63, 3.8) is 0 Å². The number of aromatic nitrogens is 1. The molecule has 1 aromatic heterocycles. The third-order valence-corrected chi connectivity index (χ3v) is 1.93. The lowest BCUT2D eigenvalue weighted by Crippen LogP contribution is -2.18. The fourth-order valence-electron chi connectivity index (χ4n) is 1.14. The molecule has 0 aromatic carbocycles. The summed E-state index contributed by atoms with van der Waals surface area (Å²) < 4.78 is 0. The summed E-state index contributed by atoms with van der Waals surface area (Å²) in [7, 11) is 0. The highest BCUT2D eigenvalue weighted by Gasteiger charge is 2.14. The topological polar surface area (TPSA) is 129 Å². The number of nitrogens with two attached hydrogens (primary N) is 1. The van der Waals surface area contributed by atoms with Crippen molar-refractivity contribution in [3.8, 4) is 6.07 Å². The van der Waals surface area contributed by atoms with Crippen LogP contribution in [0.1, 0.15) is 6.42 Å². The zero-order valence-corrected chi connectivity index (χ0v) is 9.25. The third-order valence-electron chi connectivity index (χ3n) is 1.93. The van der Waals surface area contributed by atoms with Gasteiger partial charge in [-0.15, -0.1) is 0 Å². The molecule has 7 heteroatoms. The lowest BCUT2D eigenvalue weighted by atomic mass is 10.2. The van der Waals surface area contributed by atoms with Crippen molar-refractivity contribution in [2.24, 2.45) is 5.73 Å². The van der Waals surface area contributed by atoms with Gasteiger partial charge in [-0.3, -0.25) is 4.79 Å². The summed E-state index contributed by atoms with van der Waals surface area (Å²) in [4.78, 5) is 26.0. The number of aliphatic carboxylic acids is 1. The highest BCUT2D eigenvalue weighted by Crippen LogP contribution is 2.06. The van der Waals surface area contributed by atoms with Gasteiger partial charge < -0.3 is 16.2 Å². The van der Waals surface area contributed by atoms with Crippen molar-refractivity contribution in [1.82, 2.24) is 4.98 Å². The number of hydrogen-bond donors (Lipinski definition) is 3. The largest absolute Gasteiger partial charge is 0.477 e. The average Bonchev–Trinajstić information content (AvgIpc) is 2.30. The van der Waals surface area contributed by atoms with E-state index in [4.69, 9.17) is 16.1 Å². The minimum Gasteiger partial charge on any atom is -0.477 e. The van der Waals surface area contributed by atoms with Gasteiger partial charge in [-0.25, -0.2) is 9.78 Å². The molecule has 1 aromatic rings. The number of carboxylic acid groups (broad SMARTS) is 1. The number of nitrogens with zero attached hydrogens (tertiary/aromatic N) is 2. The van der Waals surface area contributed by atoms with Crippen molar-refractivity contribution in [1.29, 1.82) is 5.26 Å². The molecule has 4 N–H and O–H groups in total. The lowest BCUT2D eigenvalue weighted by molar-refractivity contribution is -0.132. The van der Waals surface area contributed by atoms with Crippen LogP contribution in [0, 0.1) is 11.3 Å². The predicted octanol–water partition coefficient (Wildman–Crippen LogP) is 0.231. The molecular weight excluding hydrogens is 236 g/mol. The Morgan fingerprint density at radius 1 is 1.50 bits per heavy atom. The molecule has 0 fully saturated rings. The number of carbonyl (C=O) groups is 2. The quantitative estimate of drug-likeness (QED) is 0.515. The Bertz CT molecular complexity index is 531. The molecule has 0 unspecified atom stereocenters. The van der Waals surface area contributed by atoms with Gasteiger partial charge in [0, 0.05) is 11.9 Å². The van der Waals surface area contributed by atoms with E-state index in [-0.39, 0.29) is 12.1 Å². The van der Waals surface area contributed by atoms with Gasteiger partial charge in [0.05, 0.1) is 6.42 Å². The van der Waals surface area contributed by atoms with Gasteiger partial charge in [0.2, 0.25) is 5.91 Å². The van der Waals surface area contributed by atoms with Crippen molar-refractivity contribution >= 4 is 17.7 Å². The zero-order chi connectivity index (χ0) is 13.5. The minimum absolute atomic E-state index is 0.293. The summed E-state index contributed by atoms with van der Waals surface area (Å²) in [5.41, 5.74) is 4.45. The molecule has 1 heterocycles. The van der Waals surface area contributed by atoms with Gasteiger partial charge in [-0.2, -0.15) is 5.26 Å². The molecule has 0 aliphatic rings. The van der Waals surface area contributed by atoms with Crippen LogP contribution in [0.5, 0.6) is 0 Å². The molecule has 0 saturated heterocycles. The Balaban J connectivity index is 2.72. The number of carbonyl (C=O) groups excluding carboxylic acids is 1. The first-order valence-electron chi connectivity index (χ1n) is 4.87. The molecule has 0 spiro atoms. The van der Waals surface area contributed by atoms with Crippen LogP contribution in [0.15, 0.2) is 35.7 Å². The second-order valence-electron chi connectivity index (χ2n) is 3.26. The maximum atomic E-state index is 11.5. The first-order chi connectivity index (χ1) is 8.54. The summed E-state index contributed by atoms with van der Waals surface area (Å²) in [6, 6.07) is 6.36. The monoisotopic (exact) mass is 246 g/mol. The Labute approximate surface area is 103 Å². The second-order valence-corrected chi connectivity index (χ2v) is 3.26. The number of pyridine rings is 1. The van der Waals surface area contributed by atoms with Crippen molar-refractivity contribution in [2.75, 3.05) is 5.32 Å². The number of nitriles is 1. The van der Waals surface area contributed by atoms with Crippen LogP contribution in [-0.2, 0) is 9.59 Å². The maximum Gasteiger partial charge on any atom is 0.348 e. The highest BCUT2D eigenvalue weighted by atomic mass is 16.4. The van der Waals surface area contributed by atoms with Crippen LogP contribution in [0.25, 0.3) is 0 Å². The van der Waals surface area contributed by atoms with E-state index in [1.165, 1.54) is 12.3 Å². The molecule has 7 nitrogen and oxygen atoms in total. The average molecular weight is 246 g/mol. The summed E-state index contributed by atoms with van der Waals surface area (Å²) in [6.07, 6.45) is 1.11. The predicted molar refractivity (Wildman–Crippen MR) is 61.9 cm³/mol. The van der Waals surface area contributed by atoms with E-state index in [2.05, 4.69) is 10.3 Å². The number of anilines is 1. The number of carboxylic acids is 1. The minimum atomic E-state index is -1.46. The smallest absolute Gasteiger partial charge is 0.348 e. The maximum absolute atomic E-state index is 11.5. The second kappa shape index (κ2) is 6.00. The van der Waals surface area contributed by atoms with E-state index in [0.717, 1.165) is 0 Å². The molecule has 1 amide bonds. The molecule has 0 bridgehead atoms. The van der Waals surface area contributed by atoms with E-state index in [1.54, 1.807) is 18.2 Å². The van der Waals surface area contributed by atoms with Crippen LogP contribution < -0.4 is 11.1 Å². The first kappa shape index (κ1) is 13.2. The Morgan fingerprint density at radius 2 is 2.22 bits per heavy atom. The van der Waals surface area contributed by atoms with E-state index < -0.39 is 17.4 Å². The number of amides is 1. The SMILES string of the molecule is N#C/C(C(=O)O)=C(/N)CC(=O)Nc1ccccn1. The van der Waals surface area contributed by atoms with E-state index in [9.17, 15) is 9.59 Å². The van der Waals surface area contributed by atoms with Gasteiger partial charge in [0.1, 0.15) is 11.9 Å². The van der Waals surface area contributed by atoms with Gasteiger partial charge in [0.25, 0.3) is 0 Å². The van der Waals surface area contributed by atoms with Crippen LogP contribution in [0.2, 0.25) is 0 Å². The molecule has 0 saturated carbocycles. The van der Waals surface area contributed by atoms with Crippen LogP contribution in [-0.4, -0.2) is 22.0 Å². The summed E-state index contributed by atoms with van der Waals surface area (Å²) >= 11 is 0. The molecule has 0 radical (unpaired) electrons. The normalized spacial score (nSPS) is 11.1. The summed E-state index contributed by atoms with van der Waals surface area (Å²) in [6.45, 7) is 0. The van der Waals surface area contributed by atoms with E-state index >= 15 is 0 Å². The summed E-state index contributed by atoms with van der Waals surface area (Å²) in [5, 5.41) is 19.6. The van der Waals surface area contributed by atoms with Gasteiger partial charge >= 0.3 is 5.97 Å². The van der Waals surface area contributed by atoms with Gasteiger partial charge in [0.15, 0.2) is 5.57 Å². The lowest BCUT2D eigenvalue weighted by Gasteiger charge is -2.04. The van der Waals surface area contributed by atoms with Crippen molar-refractivity contribution < 1.29 is 14.7 Å². The highest BCUT2D eigenvalue weighted by molar-refractivity contribution is 5.96. The van der Waals surface area contributed by atoms with Crippen LogP contribution in [0.4, 0.5) is 5.82 Å². The fourth-order valence-corrected chi connectivity index (χ4v) is 1.14. The zero-order valence-electron chi connectivity index (χ0n) is 9.25. The molecule has 92 valence electrons. The third kappa shape index (κ3) is 3.61.